The average molecular weight is 754 g/mol. The van der Waals surface area contributed by atoms with E-state index in [0.29, 0.717) is 25.9 Å². The summed E-state index contributed by atoms with van der Waals surface area (Å²) in [5.41, 5.74) is 0. The fourth-order valence-corrected chi connectivity index (χ4v) is 7.15. The van der Waals surface area contributed by atoms with E-state index >= 15 is 0 Å². The molecule has 1 unspecified atom stereocenters. The standard InChI is InChI=1S/C46H91NO6/c1-4-7-10-13-16-22-31-40-51-46(50)52-41-32-23-21-28-37-47(38-29-30-39-48)36-27-20-19-24-33-44(42-49)43-53-45(34-25-17-14-11-8-5-2)35-26-18-15-12-9-6-3/h42,44-45,48H,4-41,43H2,1-3H3. The van der Waals surface area contributed by atoms with Gasteiger partial charge in [0.2, 0.25) is 0 Å². The molecule has 0 aliphatic rings. The van der Waals surface area contributed by atoms with Crippen LogP contribution in [-0.2, 0) is 19.0 Å². The van der Waals surface area contributed by atoms with Gasteiger partial charge in [0.1, 0.15) is 6.29 Å². The Kier molecular flexibility index (Phi) is 42.6. The van der Waals surface area contributed by atoms with Crippen LogP contribution in [0.15, 0.2) is 0 Å². The summed E-state index contributed by atoms with van der Waals surface area (Å²) in [6.07, 6.45) is 39.1. The Bertz CT molecular complexity index is 721. The summed E-state index contributed by atoms with van der Waals surface area (Å²) in [5.74, 6) is 0.0209. The van der Waals surface area contributed by atoms with Crippen molar-refractivity contribution < 1.29 is 28.9 Å². The second kappa shape index (κ2) is 43.5. The first-order valence-electron chi connectivity index (χ1n) is 23.3. The highest BCUT2D eigenvalue weighted by molar-refractivity contribution is 5.59. The third-order valence-corrected chi connectivity index (χ3v) is 10.7. The number of unbranched alkanes of at least 4 members (excludes halogenated alkanes) is 23. The number of nitrogens with zero attached hydrogens (tertiary/aromatic N) is 1. The van der Waals surface area contributed by atoms with Gasteiger partial charge in [-0.15, -0.1) is 0 Å². The van der Waals surface area contributed by atoms with E-state index in [4.69, 9.17) is 14.2 Å². The number of rotatable bonds is 44. The highest BCUT2D eigenvalue weighted by Gasteiger charge is 2.14. The quantitative estimate of drug-likeness (QED) is 0.0377. The van der Waals surface area contributed by atoms with Crippen molar-refractivity contribution in [2.24, 2.45) is 5.92 Å². The molecule has 0 aliphatic carbocycles. The molecule has 0 radical (unpaired) electrons. The zero-order chi connectivity index (χ0) is 38.7. The summed E-state index contributed by atoms with van der Waals surface area (Å²) in [7, 11) is 0. The molecule has 7 heteroatoms. The maximum absolute atomic E-state index is 11.9. The van der Waals surface area contributed by atoms with Crippen molar-refractivity contribution in [2.75, 3.05) is 46.1 Å². The van der Waals surface area contributed by atoms with Crippen molar-refractivity contribution in [2.45, 2.75) is 232 Å². The summed E-state index contributed by atoms with van der Waals surface area (Å²) >= 11 is 0. The summed E-state index contributed by atoms with van der Waals surface area (Å²) < 4.78 is 16.9. The largest absolute Gasteiger partial charge is 0.508 e. The Morgan fingerprint density at radius 3 is 1.32 bits per heavy atom. The van der Waals surface area contributed by atoms with E-state index in [2.05, 4.69) is 25.7 Å². The average Bonchev–Trinajstić information content (AvgIpc) is 3.16. The lowest BCUT2D eigenvalue weighted by Gasteiger charge is -2.22. The molecule has 1 N–H and O–H groups in total. The van der Waals surface area contributed by atoms with E-state index < -0.39 is 6.16 Å². The van der Waals surface area contributed by atoms with Gasteiger partial charge in [-0.05, 0) is 77.4 Å². The summed E-state index contributed by atoms with van der Waals surface area (Å²) in [6, 6.07) is 0. The highest BCUT2D eigenvalue weighted by Crippen LogP contribution is 2.19. The van der Waals surface area contributed by atoms with Gasteiger partial charge in [0.15, 0.2) is 0 Å². The molecule has 1 atom stereocenters. The van der Waals surface area contributed by atoms with Crippen molar-refractivity contribution in [3.8, 4) is 0 Å². The number of hydrogen-bond donors (Lipinski definition) is 1. The zero-order valence-electron chi connectivity index (χ0n) is 35.7. The van der Waals surface area contributed by atoms with Crippen LogP contribution in [0.25, 0.3) is 0 Å². The Morgan fingerprint density at radius 2 is 0.887 bits per heavy atom. The lowest BCUT2D eigenvalue weighted by Crippen LogP contribution is -2.27. The van der Waals surface area contributed by atoms with Gasteiger partial charge in [-0.25, -0.2) is 4.79 Å². The monoisotopic (exact) mass is 754 g/mol. The molecule has 0 rings (SSSR count). The topological polar surface area (TPSA) is 85.3 Å². The highest BCUT2D eigenvalue weighted by atomic mass is 16.7. The van der Waals surface area contributed by atoms with E-state index in [1.165, 1.54) is 122 Å². The lowest BCUT2D eigenvalue weighted by molar-refractivity contribution is -0.114. The molecule has 0 bridgehead atoms. The Hall–Kier alpha value is -1.18. The number of aliphatic hydroxyl groups is 1. The fraction of sp³-hybridized carbons (Fsp3) is 0.957. The van der Waals surface area contributed by atoms with Crippen molar-refractivity contribution in [3.05, 3.63) is 0 Å². The van der Waals surface area contributed by atoms with Crippen molar-refractivity contribution >= 4 is 12.4 Å². The molecule has 0 saturated heterocycles. The predicted octanol–water partition coefficient (Wildman–Crippen LogP) is 13.2. The lowest BCUT2D eigenvalue weighted by atomic mass is 10.0. The summed E-state index contributed by atoms with van der Waals surface area (Å²) in [5, 5.41) is 9.28. The van der Waals surface area contributed by atoms with Gasteiger partial charge in [0.05, 0.1) is 25.9 Å². The maximum Gasteiger partial charge on any atom is 0.508 e. The molecule has 0 heterocycles. The molecular weight excluding hydrogens is 663 g/mol. The molecule has 0 aromatic rings. The van der Waals surface area contributed by atoms with Crippen LogP contribution in [0.1, 0.15) is 226 Å². The molecule has 0 spiro atoms. The first kappa shape index (κ1) is 51.8. The van der Waals surface area contributed by atoms with Crippen molar-refractivity contribution in [3.63, 3.8) is 0 Å². The summed E-state index contributed by atoms with van der Waals surface area (Å²) in [4.78, 5) is 26.3. The Labute approximate surface area is 329 Å². The SMILES string of the molecule is CCCCCCCCCOC(=O)OCCCCCCN(CCCCO)CCCCCCC(C=O)COC(CCCCCCCC)CCCCCCCC. The summed E-state index contributed by atoms with van der Waals surface area (Å²) in [6.45, 7) is 11.7. The third kappa shape index (κ3) is 38.9. The van der Waals surface area contributed by atoms with Crippen LogP contribution in [-0.4, -0.2) is 74.6 Å². The molecule has 7 nitrogen and oxygen atoms in total. The van der Waals surface area contributed by atoms with Gasteiger partial charge >= 0.3 is 6.16 Å². The fourth-order valence-electron chi connectivity index (χ4n) is 7.15. The van der Waals surface area contributed by atoms with E-state index in [1.807, 2.05) is 0 Å². The number of aliphatic hydroxyl groups excluding tert-OH is 1. The van der Waals surface area contributed by atoms with E-state index in [1.54, 1.807) is 0 Å². The van der Waals surface area contributed by atoms with Gasteiger partial charge in [-0.1, -0.05) is 168 Å². The molecule has 0 aromatic heterocycles. The van der Waals surface area contributed by atoms with E-state index in [9.17, 15) is 14.7 Å². The number of aldehydes is 1. The van der Waals surface area contributed by atoms with Gasteiger partial charge < -0.3 is 29.0 Å². The molecule has 53 heavy (non-hydrogen) atoms. The van der Waals surface area contributed by atoms with Crippen LogP contribution < -0.4 is 0 Å². The number of carbonyl (C=O) groups is 2. The smallest absolute Gasteiger partial charge is 0.434 e. The zero-order valence-corrected chi connectivity index (χ0v) is 35.7. The maximum atomic E-state index is 11.9. The first-order valence-corrected chi connectivity index (χ1v) is 23.3. The van der Waals surface area contributed by atoms with E-state index in [-0.39, 0.29) is 12.5 Å². The van der Waals surface area contributed by atoms with Crippen molar-refractivity contribution in [1.82, 2.24) is 4.90 Å². The van der Waals surface area contributed by atoms with Crippen LogP contribution in [0.3, 0.4) is 0 Å². The minimum absolute atomic E-state index is 0.0209. The minimum Gasteiger partial charge on any atom is -0.434 e. The normalized spacial score (nSPS) is 12.2. The second-order valence-corrected chi connectivity index (χ2v) is 15.9. The van der Waals surface area contributed by atoms with Crippen LogP contribution in [0.2, 0.25) is 0 Å². The Morgan fingerprint density at radius 1 is 0.509 bits per heavy atom. The molecule has 0 fully saturated rings. The molecular formula is C46H91NO6. The van der Waals surface area contributed by atoms with Gasteiger partial charge in [0.25, 0.3) is 0 Å². The predicted molar refractivity (Wildman–Crippen MR) is 225 cm³/mol. The van der Waals surface area contributed by atoms with Crippen LogP contribution in [0.5, 0.6) is 0 Å². The Balaban J connectivity index is 4.20. The molecule has 0 aromatic carbocycles. The molecule has 0 aliphatic heterocycles. The van der Waals surface area contributed by atoms with Crippen molar-refractivity contribution in [1.29, 1.82) is 0 Å². The number of ether oxygens (including phenoxy) is 3. The molecule has 0 amide bonds. The van der Waals surface area contributed by atoms with Gasteiger partial charge in [-0.2, -0.15) is 0 Å². The van der Waals surface area contributed by atoms with E-state index in [0.717, 1.165) is 109 Å². The number of carbonyl (C=O) groups excluding carboxylic acids is 2. The number of hydrogen-bond acceptors (Lipinski definition) is 7. The second-order valence-electron chi connectivity index (χ2n) is 15.9. The minimum atomic E-state index is -0.521. The van der Waals surface area contributed by atoms with Gasteiger partial charge in [-0.3, -0.25) is 0 Å². The molecule has 0 saturated carbocycles. The van der Waals surface area contributed by atoms with Crippen LogP contribution >= 0.6 is 0 Å². The van der Waals surface area contributed by atoms with Crippen LogP contribution in [0.4, 0.5) is 4.79 Å². The van der Waals surface area contributed by atoms with Gasteiger partial charge in [0, 0.05) is 12.5 Å². The third-order valence-electron chi connectivity index (χ3n) is 10.7. The first-order chi connectivity index (χ1) is 26.1. The molecule has 316 valence electrons. The van der Waals surface area contributed by atoms with Crippen LogP contribution in [0, 0.1) is 5.92 Å².